The topological polar surface area (TPSA) is 21.7 Å². The molecule has 0 atom stereocenters. The lowest BCUT2D eigenvalue weighted by molar-refractivity contribution is -0.235. The van der Waals surface area contributed by atoms with E-state index in [1.165, 1.54) is 0 Å². The molecule has 12 heavy (non-hydrogen) atoms. The Morgan fingerprint density at radius 3 is 2.25 bits per heavy atom. The highest BCUT2D eigenvalue weighted by Gasteiger charge is 2.42. The Morgan fingerprint density at radius 1 is 1.25 bits per heavy atom. The first-order valence-electron chi connectivity index (χ1n) is 4.71. The van der Waals surface area contributed by atoms with Crippen LogP contribution in [-0.4, -0.2) is 50.5 Å². The molecule has 0 bridgehead atoms. The third-order valence-corrected chi connectivity index (χ3v) is 2.17. The van der Waals surface area contributed by atoms with Crippen molar-refractivity contribution in [1.82, 2.24) is 4.90 Å². The molecule has 2 aliphatic heterocycles. The number of ether oxygens (including phenoxy) is 2. The fraction of sp³-hybridized carbons (Fsp3) is 1.00. The SMILES string of the molecule is CC.CN1CCOC2(COC2)C1. The molecule has 2 fully saturated rings. The van der Waals surface area contributed by atoms with Gasteiger partial charge in [-0.1, -0.05) is 13.8 Å². The largest absolute Gasteiger partial charge is 0.375 e. The van der Waals surface area contributed by atoms with Gasteiger partial charge in [0.1, 0.15) is 5.60 Å². The van der Waals surface area contributed by atoms with Crippen LogP contribution < -0.4 is 0 Å². The molecule has 3 heteroatoms. The lowest BCUT2D eigenvalue weighted by Gasteiger charge is -2.46. The fourth-order valence-corrected chi connectivity index (χ4v) is 1.54. The monoisotopic (exact) mass is 173 g/mol. The molecule has 72 valence electrons. The third-order valence-electron chi connectivity index (χ3n) is 2.17. The van der Waals surface area contributed by atoms with Crippen LogP contribution >= 0.6 is 0 Å². The van der Waals surface area contributed by atoms with Crippen molar-refractivity contribution < 1.29 is 9.47 Å². The minimum atomic E-state index is 0.0764. The molecule has 0 radical (unpaired) electrons. The van der Waals surface area contributed by atoms with E-state index in [2.05, 4.69) is 11.9 Å². The molecule has 2 saturated heterocycles. The lowest BCUT2D eigenvalue weighted by Crippen LogP contribution is -2.62. The van der Waals surface area contributed by atoms with Gasteiger partial charge in [0.2, 0.25) is 0 Å². The maximum Gasteiger partial charge on any atom is 0.127 e. The average Bonchev–Trinajstić information content (AvgIpc) is 2.06. The lowest BCUT2D eigenvalue weighted by atomic mass is 10.0. The summed E-state index contributed by atoms with van der Waals surface area (Å²) in [5.41, 5.74) is 0.0764. The number of likely N-dealkylation sites (N-methyl/N-ethyl adjacent to an activating group) is 1. The zero-order valence-electron chi connectivity index (χ0n) is 8.30. The van der Waals surface area contributed by atoms with Crippen LogP contribution in [0.25, 0.3) is 0 Å². The van der Waals surface area contributed by atoms with Crippen LogP contribution in [0.3, 0.4) is 0 Å². The summed E-state index contributed by atoms with van der Waals surface area (Å²) in [7, 11) is 2.13. The van der Waals surface area contributed by atoms with Crippen LogP contribution in [-0.2, 0) is 9.47 Å². The van der Waals surface area contributed by atoms with E-state index in [1.54, 1.807) is 0 Å². The first-order valence-corrected chi connectivity index (χ1v) is 4.71. The highest BCUT2D eigenvalue weighted by atomic mass is 16.6. The standard InChI is InChI=1S/C7H13NO2.C2H6/c1-8-2-3-10-7(4-8)5-9-6-7;1-2/h2-6H2,1H3;1-2H3. The Labute approximate surface area is 74.6 Å². The Balaban J connectivity index is 0.000000336. The zero-order chi connectivity index (χ0) is 9.03. The fourth-order valence-electron chi connectivity index (χ4n) is 1.54. The molecule has 0 saturated carbocycles. The molecular weight excluding hydrogens is 154 g/mol. The summed E-state index contributed by atoms with van der Waals surface area (Å²) >= 11 is 0. The second-order valence-corrected chi connectivity index (χ2v) is 3.26. The van der Waals surface area contributed by atoms with Gasteiger partial charge >= 0.3 is 0 Å². The number of hydrogen-bond donors (Lipinski definition) is 0. The highest BCUT2D eigenvalue weighted by molar-refractivity contribution is 4.92. The Kier molecular flexibility index (Phi) is 3.50. The summed E-state index contributed by atoms with van der Waals surface area (Å²) < 4.78 is 10.7. The Bertz CT molecular complexity index is 134. The first kappa shape index (κ1) is 9.96. The predicted octanol–water partition coefficient (Wildman–Crippen LogP) is 0.744. The molecule has 3 nitrogen and oxygen atoms in total. The van der Waals surface area contributed by atoms with Gasteiger partial charge in [0.15, 0.2) is 0 Å². The molecule has 2 rings (SSSR count). The van der Waals surface area contributed by atoms with E-state index in [9.17, 15) is 0 Å². The number of morpholine rings is 1. The summed E-state index contributed by atoms with van der Waals surface area (Å²) in [4.78, 5) is 2.30. The number of nitrogens with zero attached hydrogens (tertiary/aromatic N) is 1. The van der Waals surface area contributed by atoms with Crippen molar-refractivity contribution in [2.75, 3.05) is 40.0 Å². The van der Waals surface area contributed by atoms with Crippen molar-refractivity contribution in [2.24, 2.45) is 0 Å². The van der Waals surface area contributed by atoms with E-state index < -0.39 is 0 Å². The molecule has 0 aromatic heterocycles. The van der Waals surface area contributed by atoms with Crippen LogP contribution in [0, 0.1) is 0 Å². The van der Waals surface area contributed by atoms with Gasteiger partial charge in [-0.3, -0.25) is 0 Å². The van der Waals surface area contributed by atoms with Crippen molar-refractivity contribution in [1.29, 1.82) is 0 Å². The second kappa shape index (κ2) is 4.21. The van der Waals surface area contributed by atoms with Gasteiger partial charge in [-0.05, 0) is 7.05 Å². The third kappa shape index (κ3) is 1.97. The van der Waals surface area contributed by atoms with Crippen molar-refractivity contribution in [3.05, 3.63) is 0 Å². The van der Waals surface area contributed by atoms with Gasteiger partial charge in [0.25, 0.3) is 0 Å². The summed E-state index contributed by atoms with van der Waals surface area (Å²) in [6.07, 6.45) is 0. The molecule has 1 spiro atoms. The zero-order valence-corrected chi connectivity index (χ0v) is 8.30. The average molecular weight is 173 g/mol. The summed E-state index contributed by atoms with van der Waals surface area (Å²) in [6.45, 7) is 8.53. The normalized spacial score (nSPS) is 27.2. The van der Waals surface area contributed by atoms with E-state index in [0.717, 1.165) is 32.9 Å². The molecule has 2 aliphatic rings. The van der Waals surface area contributed by atoms with Crippen LogP contribution in [0.4, 0.5) is 0 Å². The predicted molar refractivity (Wildman–Crippen MR) is 48.3 cm³/mol. The van der Waals surface area contributed by atoms with Gasteiger partial charge in [-0.15, -0.1) is 0 Å². The second-order valence-electron chi connectivity index (χ2n) is 3.26. The van der Waals surface area contributed by atoms with Gasteiger partial charge in [0, 0.05) is 13.1 Å². The minimum absolute atomic E-state index is 0.0764. The molecule has 0 aliphatic carbocycles. The quantitative estimate of drug-likeness (QED) is 0.539. The van der Waals surface area contributed by atoms with Crippen molar-refractivity contribution in [3.8, 4) is 0 Å². The van der Waals surface area contributed by atoms with Gasteiger partial charge in [0.05, 0.1) is 19.8 Å². The molecule has 0 unspecified atom stereocenters. The summed E-state index contributed by atoms with van der Waals surface area (Å²) in [5.74, 6) is 0. The molecule has 0 aromatic carbocycles. The van der Waals surface area contributed by atoms with Crippen LogP contribution in [0.1, 0.15) is 13.8 Å². The molecule has 0 N–H and O–H groups in total. The van der Waals surface area contributed by atoms with E-state index in [1.807, 2.05) is 13.8 Å². The van der Waals surface area contributed by atoms with Crippen LogP contribution in [0.5, 0.6) is 0 Å². The van der Waals surface area contributed by atoms with Crippen molar-refractivity contribution in [2.45, 2.75) is 19.4 Å². The van der Waals surface area contributed by atoms with Crippen LogP contribution in [0.15, 0.2) is 0 Å². The van der Waals surface area contributed by atoms with Gasteiger partial charge in [-0.25, -0.2) is 0 Å². The van der Waals surface area contributed by atoms with E-state index in [-0.39, 0.29) is 5.60 Å². The van der Waals surface area contributed by atoms with Crippen molar-refractivity contribution >= 4 is 0 Å². The molecular formula is C9H19NO2. The Morgan fingerprint density at radius 2 is 1.92 bits per heavy atom. The Hall–Kier alpha value is -0.120. The van der Waals surface area contributed by atoms with E-state index in [4.69, 9.17) is 9.47 Å². The maximum atomic E-state index is 5.61. The van der Waals surface area contributed by atoms with Crippen LogP contribution in [0.2, 0.25) is 0 Å². The van der Waals surface area contributed by atoms with E-state index >= 15 is 0 Å². The maximum absolute atomic E-state index is 5.61. The van der Waals surface area contributed by atoms with Crippen molar-refractivity contribution in [3.63, 3.8) is 0 Å². The number of rotatable bonds is 0. The van der Waals surface area contributed by atoms with Gasteiger partial charge < -0.3 is 14.4 Å². The minimum Gasteiger partial charge on any atom is -0.375 e. The molecule has 2 heterocycles. The highest BCUT2D eigenvalue weighted by Crippen LogP contribution is 2.25. The van der Waals surface area contributed by atoms with E-state index in [0.29, 0.717) is 0 Å². The first-order chi connectivity index (χ1) is 5.81. The molecule has 0 amide bonds. The summed E-state index contributed by atoms with van der Waals surface area (Å²) in [5, 5.41) is 0. The van der Waals surface area contributed by atoms with Gasteiger partial charge in [-0.2, -0.15) is 0 Å². The summed E-state index contributed by atoms with van der Waals surface area (Å²) in [6, 6.07) is 0. The number of hydrogen-bond acceptors (Lipinski definition) is 3. The smallest absolute Gasteiger partial charge is 0.127 e. The molecule has 0 aromatic rings.